The van der Waals surface area contributed by atoms with Gasteiger partial charge in [-0.25, -0.2) is 4.98 Å². The van der Waals surface area contributed by atoms with Crippen molar-refractivity contribution in [1.29, 1.82) is 0 Å². The molecular formula is C19H18N2OS. The van der Waals surface area contributed by atoms with Gasteiger partial charge in [-0.05, 0) is 42.7 Å². The number of aromatic nitrogens is 2. The van der Waals surface area contributed by atoms with Crippen molar-refractivity contribution in [3.63, 3.8) is 0 Å². The molecule has 23 heavy (non-hydrogen) atoms. The van der Waals surface area contributed by atoms with Gasteiger partial charge < -0.3 is 0 Å². The third-order valence-electron chi connectivity index (χ3n) is 3.80. The Bertz CT molecular complexity index is 872. The molecule has 3 nitrogen and oxygen atoms in total. The SMILES string of the molecule is Cc1ccc(-n2ccnc(SCc3ccccc3)c2=O)cc1C. The van der Waals surface area contributed by atoms with Gasteiger partial charge in [0.05, 0.1) is 0 Å². The molecule has 0 fully saturated rings. The molecule has 0 aliphatic carbocycles. The Hall–Kier alpha value is -2.33. The van der Waals surface area contributed by atoms with Crippen LogP contribution in [0.2, 0.25) is 0 Å². The lowest BCUT2D eigenvalue weighted by Crippen LogP contribution is -2.20. The standard InChI is InChI=1S/C19H18N2OS/c1-14-8-9-17(12-15(14)2)21-11-10-20-18(19(21)22)23-13-16-6-4-3-5-7-16/h3-12H,13H2,1-2H3. The van der Waals surface area contributed by atoms with E-state index in [0.717, 1.165) is 11.4 Å². The Kier molecular flexibility index (Phi) is 4.63. The van der Waals surface area contributed by atoms with Gasteiger partial charge in [0, 0.05) is 23.8 Å². The maximum Gasteiger partial charge on any atom is 0.287 e. The maximum absolute atomic E-state index is 12.7. The second-order valence-electron chi connectivity index (χ2n) is 5.45. The van der Waals surface area contributed by atoms with Crippen LogP contribution in [-0.4, -0.2) is 9.55 Å². The topological polar surface area (TPSA) is 34.9 Å². The number of hydrogen-bond acceptors (Lipinski definition) is 3. The molecule has 116 valence electrons. The minimum atomic E-state index is -0.0725. The summed E-state index contributed by atoms with van der Waals surface area (Å²) in [4.78, 5) is 16.9. The molecule has 1 aromatic heterocycles. The first-order valence-electron chi connectivity index (χ1n) is 7.47. The number of rotatable bonds is 4. The zero-order valence-electron chi connectivity index (χ0n) is 13.2. The molecule has 3 aromatic rings. The summed E-state index contributed by atoms with van der Waals surface area (Å²) >= 11 is 1.47. The lowest BCUT2D eigenvalue weighted by molar-refractivity contribution is 0.881. The van der Waals surface area contributed by atoms with Crippen molar-refractivity contribution in [1.82, 2.24) is 9.55 Å². The maximum atomic E-state index is 12.7. The van der Waals surface area contributed by atoms with Crippen molar-refractivity contribution < 1.29 is 0 Å². The van der Waals surface area contributed by atoms with Gasteiger partial charge in [-0.1, -0.05) is 48.2 Å². The first kappa shape index (κ1) is 15.6. The molecular weight excluding hydrogens is 304 g/mol. The van der Waals surface area contributed by atoms with E-state index in [-0.39, 0.29) is 5.56 Å². The first-order chi connectivity index (χ1) is 11.1. The van der Waals surface area contributed by atoms with Crippen molar-refractivity contribution in [2.45, 2.75) is 24.6 Å². The predicted octanol–water partition coefficient (Wildman–Crippen LogP) is 4.14. The summed E-state index contributed by atoms with van der Waals surface area (Å²) in [5.74, 6) is 0.736. The third kappa shape index (κ3) is 3.54. The smallest absolute Gasteiger partial charge is 0.280 e. The Morgan fingerprint density at radius 3 is 2.57 bits per heavy atom. The van der Waals surface area contributed by atoms with Crippen LogP contribution in [0, 0.1) is 13.8 Å². The van der Waals surface area contributed by atoms with Gasteiger partial charge in [-0.15, -0.1) is 0 Å². The van der Waals surface area contributed by atoms with E-state index < -0.39 is 0 Å². The average Bonchev–Trinajstić information content (AvgIpc) is 2.57. The van der Waals surface area contributed by atoms with E-state index >= 15 is 0 Å². The van der Waals surface area contributed by atoms with Gasteiger partial charge in [-0.3, -0.25) is 9.36 Å². The van der Waals surface area contributed by atoms with Gasteiger partial charge in [0.2, 0.25) is 0 Å². The normalized spacial score (nSPS) is 10.7. The van der Waals surface area contributed by atoms with Crippen molar-refractivity contribution in [3.05, 3.63) is 88.0 Å². The molecule has 0 bridgehead atoms. The summed E-state index contributed by atoms with van der Waals surface area (Å²) in [7, 11) is 0. The van der Waals surface area contributed by atoms with Gasteiger partial charge in [-0.2, -0.15) is 0 Å². The van der Waals surface area contributed by atoms with E-state index in [0.29, 0.717) is 5.03 Å². The van der Waals surface area contributed by atoms with Gasteiger partial charge in [0.1, 0.15) is 0 Å². The predicted molar refractivity (Wildman–Crippen MR) is 95.3 cm³/mol. The van der Waals surface area contributed by atoms with Crippen LogP contribution in [0.5, 0.6) is 0 Å². The van der Waals surface area contributed by atoms with Crippen LogP contribution >= 0.6 is 11.8 Å². The molecule has 0 saturated carbocycles. The molecule has 0 aliphatic rings. The minimum Gasteiger partial charge on any atom is -0.280 e. The van der Waals surface area contributed by atoms with Gasteiger partial charge in [0.15, 0.2) is 5.03 Å². The molecule has 0 spiro atoms. The van der Waals surface area contributed by atoms with E-state index in [1.807, 2.05) is 36.4 Å². The summed E-state index contributed by atoms with van der Waals surface area (Å²) < 4.78 is 1.66. The fourth-order valence-corrected chi connectivity index (χ4v) is 3.15. The highest BCUT2D eigenvalue weighted by Crippen LogP contribution is 2.18. The molecule has 0 atom stereocenters. The molecule has 3 rings (SSSR count). The number of benzene rings is 2. The summed E-state index contributed by atoms with van der Waals surface area (Å²) in [6, 6.07) is 16.1. The highest BCUT2D eigenvalue weighted by Gasteiger charge is 2.08. The lowest BCUT2D eigenvalue weighted by atomic mass is 10.1. The number of thioether (sulfide) groups is 1. The molecule has 4 heteroatoms. The first-order valence-corrected chi connectivity index (χ1v) is 8.46. The summed E-state index contributed by atoms with van der Waals surface area (Å²) in [6.45, 7) is 4.12. The third-order valence-corrected chi connectivity index (χ3v) is 4.83. The van der Waals surface area contributed by atoms with Crippen molar-refractivity contribution >= 4 is 11.8 Å². The van der Waals surface area contributed by atoms with Crippen LogP contribution in [0.15, 0.2) is 70.7 Å². The Morgan fingerprint density at radius 1 is 1.04 bits per heavy atom. The second kappa shape index (κ2) is 6.84. The van der Waals surface area contributed by atoms with E-state index in [1.165, 1.54) is 28.5 Å². The van der Waals surface area contributed by atoms with Crippen LogP contribution in [0.3, 0.4) is 0 Å². The summed E-state index contributed by atoms with van der Waals surface area (Å²) in [5, 5.41) is 0.523. The van der Waals surface area contributed by atoms with E-state index in [9.17, 15) is 4.79 Å². The van der Waals surface area contributed by atoms with Crippen molar-refractivity contribution in [2.75, 3.05) is 0 Å². The second-order valence-corrected chi connectivity index (χ2v) is 6.41. The Labute approximate surface area is 140 Å². The largest absolute Gasteiger partial charge is 0.287 e. The van der Waals surface area contributed by atoms with Crippen LogP contribution < -0.4 is 5.56 Å². The quantitative estimate of drug-likeness (QED) is 0.677. The van der Waals surface area contributed by atoms with Crippen LogP contribution in [0.1, 0.15) is 16.7 Å². The Morgan fingerprint density at radius 2 is 1.83 bits per heavy atom. The zero-order chi connectivity index (χ0) is 16.2. The van der Waals surface area contributed by atoms with Crippen molar-refractivity contribution in [3.8, 4) is 5.69 Å². The van der Waals surface area contributed by atoms with Crippen LogP contribution in [-0.2, 0) is 5.75 Å². The summed E-state index contributed by atoms with van der Waals surface area (Å²) in [5.41, 5.74) is 4.37. The molecule has 0 N–H and O–H groups in total. The molecule has 0 unspecified atom stereocenters. The molecule has 0 saturated heterocycles. The molecule has 0 radical (unpaired) electrons. The number of nitrogens with zero attached hydrogens (tertiary/aromatic N) is 2. The molecule has 0 aliphatic heterocycles. The van der Waals surface area contributed by atoms with Crippen LogP contribution in [0.4, 0.5) is 0 Å². The zero-order valence-corrected chi connectivity index (χ0v) is 14.0. The van der Waals surface area contributed by atoms with Gasteiger partial charge in [0.25, 0.3) is 5.56 Å². The molecule has 0 amide bonds. The van der Waals surface area contributed by atoms with Crippen molar-refractivity contribution in [2.24, 2.45) is 0 Å². The molecule has 2 aromatic carbocycles. The molecule has 1 heterocycles. The number of hydrogen-bond donors (Lipinski definition) is 0. The van der Waals surface area contributed by atoms with E-state index in [1.54, 1.807) is 17.0 Å². The lowest BCUT2D eigenvalue weighted by Gasteiger charge is -2.09. The minimum absolute atomic E-state index is 0.0725. The number of aryl methyl sites for hydroxylation is 2. The highest BCUT2D eigenvalue weighted by atomic mass is 32.2. The van der Waals surface area contributed by atoms with Crippen LogP contribution in [0.25, 0.3) is 5.69 Å². The van der Waals surface area contributed by atoms with E-state index in [4.69, 9.17) is 0 Å². The Balaban J connectivity index is 1.89. The fourth-order valence-electron chi connectivity index (χ4n) is 2.30. The van der Waals surface area contributed by atoms with Gasteiger partial charge >= 0.3 is 0 Å². The average molecular weight is 322 g/mol. The monoisotopic (exact) mass is 322 g/mol. The highest BCUT2D eigenvalue weighted by molar-refractivity contribution is 7.98. The summed E-state index contributed by atoms with van der Waals surface area (Å²) in [6.07, 6.45) is 3.41. The van der Waals surface area contributed by atoms with E-state index in [2.05, 4.69) is 31.0 Å². The fraction of sp³-hybridized carbons (Fsp3) is 0.158.